The summed E-state index contributed by atoms with van der Waals surface area (Å²) in [6.07, 6.45) is 6.91. The van der Waals surface area contributed by atoms with Crippen LogP contribution in [-0.4, -0.2) is 52.2 Å². The molecule has 2 aliphatic heterocycles. The van der Waals surface area contributed by atoms with Crippen molar-refractivity contribution in [3.05, 3.63) is 58.8 Å². The number of aromatic nitrogens is 5. The second kappa shape index (κ2) is 9.97. The van der Waals surface area contributed by atoms with Crippen molar-refractivity contribution in [2.24, 2.45) is 0 Å². The summed E-state index contributed by atoms with van der Waals surface area (Å²) in [6.45, 7) is 4.64. The first-order chi connectivity index (χ1) is 19.3. The molecule has 5 heterocycles. The number of sulfone groups is 1. The molecule has 0 amide bonds. The van der Waals surface area contributed by atoms with Crippen LogP contribution < -0.4 is 5.32 Å². The van der Waals surface area contributed by atoms with Crippen molar-refractivity contribution in [2.75, 3.05) is 24.8 Å². The molecule has 1 saturated carbocycles. The Hall–Kier alpha value is -3.28. The van der Waals surface area contributed by atoms with Crippen LogP contribution in [0.5, 0.6) is 0 Å². The molecule has 3 aliphatic rings. The molecule has 0 bridgehead atoms. The number of fused-ring (bicyclic) bond motifs is 2. The number of hydrogen-bond acceptors (Lipinski definition) is 8. The van der Waals surface area contributed by atoms with E-state index in [4.69, 9.17) is 24.5 Å². The number of aryl methyl sites for hydroxylation is 1. The summed E-state index contributed by atoms with van der Waals surface area (Å²) in [5.41, 5.74) is 6.56. The molecule has 1 atom stereocenters. The van der Waals surface area contributed by atoms with Gasteiger partial charge in [0.2, 0.25) is 0 Å². The Labute approximate surface area is 233 Å². The number of anilines is 2. The Bertz CT molecular complexity index is 1680. The van der Waals surface area contributed by atoms with Crippen LogP contribution in [0.1, 0.15) is 72.7 Å². The molecule has 1 saturated heterocycles. The zero-order valence-electron chi connectivity index (χ0n) is 22.9. The van der Waals surface area contributed by atoms with Gasteiger partial charge in [-0.05, 0) is 74.8 Å². The maximum Gasteiger partial charge on any atom is 0.177 e. The van der Waals surface area contributed by atoms with Crippen LogP contribution in [-0.2, 0) is 38.9 Å². The van der Waals surface area contributed by atoms with E-state index in [0.717, 1.165) is 72.8 Å². The number of benzene rings is 1. The minimum absolute atomic E-state index is 0.129. The van der Waals surface area contributed by atoms with E-state index in [2.05, 4.69) is 16.0 Å². The van der Waals surface area contributed by atoms with Gasteiger partial charge in [0.05, 0.1) is 53.1 Å². The van der Waals surface area contributed by atoms with Crippen LogP contribution in [0.2, 0.25) is 0 Å². The van der Waals surface area contributed by atoms with E-state index in [1.807, 2.05) is 35.9 Å². The molecular formula is C29H34N6O4S. The zero-order valence-corrected chi connectivity index (χ0v) is 23.7. The van der Waals surface area contributed by atoms with Crippen LogP contribution in [0, 0.1) is 6.92 Å². The molecule has 1 N–H and O–H groups in total. The lowest BCUT2D eigenvalue weighted by molar-refractivity contribution is -0.0309. The predicted molar refractivity (Wildman–Crippen MR) is 151 cm³/mol. The van der Waals surface area contributed by atoms with E-state index in [0.29, 0.717) is 53.9 Å². The van der Waals surface area contributed by atoms with Gasteiger partial charge in [-0.25, -0.2) is 18.4 Å². The summed E-state index contributed by atoms with van der Waals surface area (Å²) in [5, 5.41) is 8.23. The average molecular weight is 563 g/mol. The van der Waals surface area contributed by atoms with E-state index >= 15 is 0 Å². The number of nitrogens with zero attached hydrogens (tertiary/aromatic N) is 5. The summed E-state index contributed by atoms with van der Waals surface area (Å²) < 4.78 is 41.5. The predicted octanol–water partition coefficient (Wildman–Crippen LogP) is 4.78. The summed E-state index contributed by atoms with van der Waals surface area (Å²) in [4.78, 5) is 10.3. The number of hydrogen-bond donors (Lipinski definition) is 1. The Kier molecular flexibility index (Phi) is 6.40. The molecule has 2 fully saturated rings. The molecule has 210 valence electrons. The highest BCUT2D eigenvalue weighted by molar-refractivity contribution is 7.90. The van der Waals surface area contributed by atoms with Crippen molar-refractivity contribution in [1.29, 1.82) is 0 Å². The highest BCUT2D eigenvalue weighted by Gasteiger charge is 2.27. The normalized spacial score (nSPS) is 19.6. The van der Waals surface area contributed by atoms with Crippen molar-refractivity contribution >= 4 is 32.4 Å². The van der Waals surface area contributed by atoms with Gasteiger partial charge in [0.25, 0.3) is 0 Å². The number of rotatable bonds is 7. The molecule has 3 aromatic heterocycles. The largest absolute Gasteiger partial charge is 0.373 e. The maximum absolute atomic E-state index is 12.9. The first-order valence-corrected chi connectivity index (χ1v) is 16.0. The molecule has 1 aliphatic carbocycles. The van der Waals surface area contributed by atoms with Crippen LogP contribution in [0.25, 0.3) is 11.2 Å². The number of nitrogens with one attached hydrogen (secondary N) is 1. The second-order valence-corrected chi connectivity index (χ2v) is 13.2. The monoisotopic (exact) mass is 562 g/mol. The molecule has 4 aromatic rings. The third kappa shape index (κ3) is 4.90. The van der Waals surface area contributed by atoms with E-state index in [9.17, 15) is 8.42 Å². The van der Waals surface area contributed by atoms with Gasteiger partial charge < -0.3 is 14.8 Å². The average Bonchev–Trinajstić information content (AvgIpc) is 3.61. The van der Waals surface area contributed by atoms with E-state index < -0.39 is 9.84 Å². The highest BCUT2D eigenvalue weighted by Crippen LogP contribution is 2.42. The minimum atomic E-state index is -3.46. The van der Waals surface area contributed by atoms with Gasteiger partial charge in [0, 0.05) is 19.3 Å². The lowest BCUT2D eigenvalue weighted by atomic mass is 10.1. The molecule has 10 nitrogen and oxygen atoms in total. The van der Waals surface area contributed by atoms with Crippen LogP contribution in [0.15, 0.2) is 35.2 Å². The van der Waals surface area contributed by atoms with Gasteiger partial charge in [-0.3, -0.25) is 9.25 Å². The first-order valence-electron chi connectivity index (χ1n) is 14.1. The summed E-state index contributed by atoms with van der Waals surface area (Å²) in [6, 6.07) is 9.78. The van der Waals surface area contributed by atoms with E-state index in [-0.39, 0.29) is 6.23 Å². The standard InChI is InChI=1S/C29H34N6O4S/c1-18-30-28-25(32-24-9-8-20(19-6-7-19)13-26(24)40(2,36)37)16-21(14-22-15-23-17-38-12-10-34(23)33-22)31-29(28)35(18)27-5-3-4-11-39-27/h8-9,13,15-16,19,27H,3-7,10-12,14,17H2,1-2H3,(H,31,32). The fraction of sp³-hybridized carbons (Fsp3) is 0.483. The molecule has 1 aromatic carbocycles. The molecule has 7 rings (SSSR count). The topological polar surface area (TPSA) is 113 Å². The molecule has 40 heavy (non-hydrogen) atoms. The quantitative estimate of drug-likeness (QED) is 0.342. The summed E-state index contributed by atoms with van der Waals surface area (Å²) in [7, 11) is -3.46. The fourth-order valence-electron chi connectivity index (χ4n) is 5.87. The van der Waals surface area contributed by atoms with Crippen molar-refractivity contribution < 1.29 is 17.9 Å². The number of ether oxygens (including phenoxy) is 2. The Morgan fingerprint density at radius 1 is 1.02 bits per heavy atom. The van der Waals surface area contributed by atoms with Gasteiger partial charge in [-0.2, -0.15) is 5.10 Å². The van der Waals surface area contributed by atoms with E-state index in [1.165, 1.54) is 6.26 Å². The smallest absolute Gasteiger partial charge is 0.177 e. The third-order valence-corrected chi connectivity index (χ3v) is 9.15. The highest BCUT2D eigenvalue weighted by atomic mass is 32.2. The summed E-state index contributed by atoms with van der Waals surface area (Å²) >= 11 is 0. The lowest BCUT2D eigenvalue weighted by Crippen LogP contribution is -2.19. The van der Waals surface area contributed by atoms with Crippen molar-refractivity contribution in [3.8, 4) is 0 Å². The third-order valence-electron chi connectivity index (χ3n) is 8.02. The van der Waals surface area contributed by atoms with Crippen LogP contribution in [0.4, 0.5) is 11.4 Å². The molecule has 11 heteroatoms. The van der Waals surface area contributed by atoms with Crippen molar-refractivity contribution in [1.82, 2.24) is 24.3 Å². The fourth-order valence-corrected chi connectivity index (χ4v) is 6.74. The van der Waals surface area contributed by atoms with Crippen LogP contribution in [0.3, 0.4) is 0 Å². The van der Waals surface area contributed by atoms with Crippen molar-refractivity contribution in [2.45, 2.75) is 75.6 Å². The van der Waals surface area contributed by atoms with Gasteiger partial charge in [0.15, 0.2) is 15.5 Å². The lowest BCUT2D eigenvalue weighted by Gasteiger charge is -2.25. The molecule has 0 spiro atoms. The molecular weight excluding hydrogens is 528 g/mol. The Balaban J connectivity index is 1.33. The zero-order chi connectivity index (χ0) is 27.4. The maximum atomic E-state index is 12.9. The first kappa shape index (κ1) is 25.7. The van der Waals surface area contributed by atoms with Crippen molar-refractivity contribution in [3.63, 3.8) is 0 Å². The number of pyridine rings is 1. The van der Waals surface area contributed by atoms with Gasteiger partial charge in [-0.15, -0.1) is 0 Å². The molecule has 0 radical (unpaired) electrons. The SMILES string of the molecule is Cc1nc2c(Nc3ccc(C4CC4)cc3S(C)(=O)=O)cc(Cc3cc4n(n3)CCOC4)nc2n1C1CCCCO1. The van der Waals surface area contributed by atoms with Gasteiger partial charge >= 0.3 is 0 Å². The van der Waals surface area contributed by atoms with Gasteiger partial charge in [0.1, 0.15) is 17.6 Å². The minimum Gasteiger partial charge on any atom is -0.373 e. The summed E-state index contributed by atoms with van der Waals surface area (Å²) in [5.74, 6) is 1.27. The van der Waals surface area contributed by atoms with Gasteiger partial charge in [-0.1, -0.05) is 6.07 Å². The van der Waals surface area contributed by atoms with Crippen LogP contribution >= 0.6 is 0 Å². The second-order valence-electron chi connectivity index (χ2n) is 11.2. The van der Waals surface area contributed by atoms with E-state index in [1.54, 1.807) is 0 Å². The molecule has 1 unspecified atom stereocenters. The Morgan fingerprint density at radius 3 is 2.65 bits per heavy atom. The number of imidazole rings is 1. The Morgan fingerprint density at radius 2 is 1.90 bits per heavy atom.